The van der Waals surface area contributed by atoms with Gasteiger partial charge < -0.3 is 10.1 Å². The molecule has 0 unspecified atom stereocenters. The Kier molecular flexibility index (Phi) is 6.08. The van der Waals surface area contributed by atoms with Gasteiger partial charge in [0, 0.05) is 16.5 Å². The lowest BCUT2D eigenvalue weighted by atomic mass is 9.97. The quantitative estimate of drug-likeness (QED) is 0.485. The number of rotatable bonds is 4. The van der Waals surface area contributed by atoms with Crippen molar-refractivity contribution < 1.29 is 14.3 Å². The van der Waals surface area contributed by atoms with Gasteiger partial charge in [0.25, 0.3) is 5.91 Å². The third kappa shape index (κ3) is 4.07. The van der Waals surface area contributed by atoms with Gasteiger partial charge in [-0.25, -0.2) is 4.79 Å². The Morgan fingerprint density at radius 2 is 1.75 bits per heavy atom. The molecule has 0 aliphatic rings. The number of nitrogens with one attached hydrogen (secondary N) is 1. The van der Waals surface area contributed by atoms with E-state index in [1.807, 2.05) is 37.4 Å². The van der Waals surface area contributed by atoms with Gasteiger partial charge in [-0.05, 0) is 43.2 Å². The zero-order valence-corrected chi connectivity index (χ0v) is 17.8. The molecule has 1 heterocycles. The van der Waals surface area contributed by atoms with Crippen molar-refractivity contribution >= 4 is 51.4 Å². The maximum Gasteiger partial charge on any atom is 0.341 e. The third-order valence-corrected chi connectivity index (χ3v) is 5.91. The second-order valence-corrected chi connectivity index (χ2v) is 7.94. The van der Waals surface area contributed by atoms with E-state index in [-0.39, 0.29) is 5.02 Å². The molecule has 0 radical (unpaired) electrons. The van der Waals surface area contributed by atoms with Gasteiger partial charge in [-0.2, -0.15) is 0 Å². The number of halogens is 2. The maximum atomic E-state index is 12.6. The van der Waals surface area contributed by atoms with E-state index in [4.69, 9.17) is 27.9 Å². The molecular weight excluding hydrogens is 417 g/mol. The number of hydrogen-bond donors (Lipinski definition) is 1. The smallest absolute Gasteiger partial charge is 0.341 e. The molecule has 28 heavy (non-hydrogen) atoms. The minimum atomic E-state index is -0.512. The van der Waals surface area contributed by atoms with Crippen molar-refractivity contribution in [1.29, 1.82) is 0 Å². The Bertz CT molecular complexity index is 1080. The number of esters is 1. The van der Waals surface area contributed by atoms with Crippen molar-refractivity contribution in [3.05, 3.63) is 74.1 Å². The number of anilines is 1. The molecule has 0 saturated carbocycles. The molecule has 3 aromatic rings. The fourth-order valence-electron chi connectivity index (χ4n) is 2.79. The standard InChI is InChI=1S/C21H17Cl2NO3S/c1-11-4-5-12(2)14(8-11)15-10-28-20(18(15)21(26)27-3)24-19(25)13-6-7-16(22)17(23)9-13/h4-10H,1-3H3,(H,24,25). The number of ether oxygens (including phenoxy) is 1. The number of amides is 1. The van der Waals surface area contributed by atoms with Gasteiger partial charge in [-0.1, -0.05) is 47.0 Å². The number of carbonyl (C=O) groups is 2. The van der Waals surface area contributed by atoms with Gasteiger partial charge in [0.15, 0.2) is 0 Å². The van der Waals surface area contributed by atoms with Crippen LogP contribution in [0.3, 0.4) is 0 Å². The van der Waals surface area contributed by atoms with Crippen LogP contribution in [0, 0.1) is 13.8 Å². The van der Waals surface area contributed by atoms with E-state index in [1.54, 1.807) is 12.1 Å². The Morgan fingerprint density at radius 1 is 1.00 bits per heavy atom. The number of benzene rings is 2. The van der Waals surface area contributed by atoms with E-state index in [0.717, 1.165) is 22.3 Å². The summed E-state index contributed by atoms with van der Waals surface area (Å²) in [6.07, 6.45) is 0. The summed E-state index contributed by atoms with van der Waals surface area (Å²) in [5.74, 6) is -0.903. The zero-order chi connectivity index (χ0) is 20.4. The highest BCUT2D eigenvalue weighted by atomic mass is 35.5. The highest BCUT2D eigenvalue weighted by molar-refractivity contribution is 7.15. The monoisotopic (exact) mass is 433 g/mol. The molecule has 0 bridgehead atoms. The lowest BCUT2D eigenvalue weighted by Gasteiger charge is -2.10. The minimum absolute atomic E-state index is 0.282. The van der Waals surface area contributed by atoms with Gasteiger partial charge in [-0.3, -0.25) is 4.79 Å². The van der Waals surface area contributed by atoms with Crippen LogP contribution in [0.4, 0.5) is 5.00 Å². The first-order valence-electron chi connectivity index (χ1n) is 8.35. The predicted molar refractivity (Wildman–Crippen MR) is 115 cm³/mol. The molecule has 3 rings (SSSR count). The third-order valence-electron chi connectivity index (χ3n) is 4.27. The number of thiophene rings is 1. The van der Waals surface area contributed by atoms with Crippen LogP contribution >= 0.6 is 34.5 Å². The summed E-state index contributed by atoms with van der Waals surface area (Å²) in [6.45, 7) is 3.96. The second-order valence-electron chi connectivity index (χ2n) is 6.25. The summed E-state index contributed by atoms with van der Waals surface area (Å²) in [4.78, 5) is 25.1. The van der Waals surface area contributed by atoms with Crippen LogP contribution in [0.5, 0.6) is 0 Å². The summed E-state index contributed by atoms with van der Waals surface area (Å²) >= 11 is 13.2. The SMILES string of the molecule is COC(=O)c1c(-c2cc(C)ccc2C)csc1NC(=O)c1ccc(Cl)c(Cl)c1. The Morgan fingerprint density at radius 3 is 2.43 bits per heavy atom. The van der Waals surface area contributed by atoms with Crippen LogP contribution < -0.4 is 5.32 Å². The van der Waals surface area contributed by atoms with Crippen LogP contribution in [0.15, 0.2) is 41.8 Å². The van der Waals surface area contributed by atoms with Gasteiger partial charge in [0.05, 0.1) is 17.2 Å². The van der Waals surface area contributed by atoms with Crippen LogP contribution in [0.2, 0.25) is 10.0 Å². The molecular formula is C21H17Cl2NO3S. The van der Waals surface area contributed by atoms with Crippen molar-refractivity contribution in [2.24, 2.45) is 0 Å². The number of hydrogen-bond acceptors (Lipinski definition) is 4. The van der Waals surface area contributed by atoms with E-state index >= 15 is 0 Å². The predicted octanol–water partition coefficient (Wildman–Crippen LogP) is 6.38. The molecule has 0 fully saturated rings. The highest BCUT2D eigenvalue weighted by Gasteiger charge is 2.23. The summed E-state index contributed by atoms with van der Waals surface area (Å²) in [5, 5.41) is 5.70. The van der Waals surface area contributed by atoms with Crippen molar-refractivity contribution in [1.82, 2.24) is 0 Å². The van der Waals surface area contributed by atoms with Crippen molar-refractivity contribution in [3.8, 4) is 11.1 Å². The van der Waals surface area contributed by atoms with E-state index < -0.39 is 11.9 Å². The molecule has 0 aliphatic carbocycles. The zero-order valence-electron chi connectivity index (χ0n) is 15.4. The molecule has 0 saturated heterocycles. The first kappa shape index (κ1) is 20.4. The molecule has 4 nitrogen and oxygen atoms in total. The van der Waals surface area contributed by atoms with Gasteiger partial charge in [0.2, 0.25) is 0 Å². The van der Waals surface area contributed by atoms with E-state index in [2.05, 4.69) is 5.32 Å². The average Bonchev–Trinajstić information content (AvgIpc) is 3.08. The van der Waals surface area contributed by atoms with E-state index in [1.165, 1.54) is 24.5 Å². The van der Waals surface area contributed by atoms with Crippen LogP contribution in [0.25, 0.3) is 11.1 Å². The Balaban J connectivity index is 2.03. The lowest BCUT2D eigenvalue weighted by molar-refractivity contribution is 0.0603. The van der Waals surface area contributed by atoms with E-state index in [0.29, 0.717) is 21.2 Å². The molecule has 144 valence electrons. The summed E-state index contributed by atoms with van der Waals surface area (Å²) < 4.78 is 4.97. The fraction of sp³-hybridized carbons (Fsp3) is 0.143. The van der Waals surface area contributed by atoms with Crippen LogP contribution in [-0.4, -0.2) is 19.0 Å². The molecule has 0 spiro atoms. The number of carbonyl (C=O) groups excluding carboxylic acids is 2. The molecule has 0 atom stereocenters. The van der Waals surface area contributed by atoms with Crippen molar-refractivity contribution in [2.45, 2.75) is 13.8 Å². The molecule has 1 amide bonds. The highest BCUT2D eigenvalue weighted by Crippen LogP contribution is 2.38. The number of methoxy groups -OCH3 is 1. The minimum Gasteiger partial charge on any atom is -0.465 e. The lowest BCUT2D eigenvalue weighted by Crippen LogP contribution is -2.14. The Hall–Kier alpha value is -2.34. The van der Waals surface area contributed by atoms with Gasteiger partial charge in [-0.15, -0.1) is 11.3 Å². The summed E-state index contributed by atoms with van der Waals surface area (Å²) in [7, 11) is 1.32. The van der Waals surface area contributed by atoms with E-state index in [9.17, 15) is 9.59 Å². The van der Waals surface area contributed by atoms with Crippen molar-refractivity contribution in [2.75, 3.05) is 12.4 Å². The number of aryl methyl sites for hydroxylation is 2. The molecule has 1 aromatic heterocycles. The average molecular weight is 434 g/mol. The molecule has 2 aromatic carbocycles. The van der Waals surface area contributed by atoms with Crippen LogP contribution in [-0.2, 0) is 4.74 Å². The first-order valence-corrected chi connectivity index (χ1v) is 9.99. The maximum absolute atomic E-state index is 12.6. The fourth-order valence-corrected chi connectivity index (χ4v) is 4.03. The van der Waals surface area contributed by atoms with Gasteiger partial charge >= 0.3 is 5.97 Å². The molecule has 7 heteroatoms. The van der Waals surface area contributed by atoms with Crippen LogP contribution in [0.1, 0.15) is 31.8 Å². The topological polar surface area (TPSA) is 55.4 Å². The van der Waals surface area contributed by atoms with Gasteiger partial charge in [0.1, 0.15) is 10.6 Å². The first-order chi connectivity index (χ1) is 13.3. The molecule has 0 aliphatic heterocycles. The molecule has 1 N–H and O–H groups in total. The largest absolute Gasteiger partial charge is 0.465 e. The van der Waals surface area contributed by atoms with Crippen molar-refractivity contribution in [3.63, 3.8) is 0 Å². The second kappa shape index (κ2) is 8.35. The summed E-state index contributed by atoms with van der Waals surface area (Å²) in [5.41, 5.74) is 4.41. The normalized spacial score (nSPS) is 10.6. The summed E-state index contributed by atoms with van der Waals surface area (Å²) in [6, 6.07) is 10.6. The Labute approximate surface area is 177 Å².